The Balaban J connectivity index is 2.29. The predicted molar refractivity (Wildman–Crippen MR) is 74.6 cm³/mol. The molecule has 0 unspecified atom stereocenters. The summed E-state index contributed by atoms with van der Waals surface area (Å²) in [4.78, 5) is 19.3. The van der Waals surface area contributed by atoms with Gasteiger partial charge in [0.2, 0.25) is 0 Å². The van der Waals surface area contributed by atoms with E-state index in [9.17, 15) is 4.79 Å². The van der Waals surface area contributed by atoms with Crippen LogP contribution in [0.3, 0.4) is 0 Å². The van der Waals surface area contributed by atoms with Crippen molar-refractivity contribution in [1.82, 2.24) is 14.5 Å². The van der Waals surface area contributed by atoms with Gasteiger partial charge in [0.05, 0.1) is 17.4 Å². The number of benzene rings is 1. The van der Waals surface area contributed by atoms with Gasteiger partial charge in [0.15, 0.2) is 0 Å². The highest BCUT2D eigenvalue weighted by atomic mass is 79.9. The van der Waals surface area contributed by atoms with Crippen LogP contribution in [0.1, 0.15) is 12.7 Å². The van der Waals surface area contributed by atoms with Crippen molar-refractivity contribution in [1.29, 1.82) is 0 Å². The van der Waals surface area contributed by atoms with E-state index in [1.165, 1.54) is 0 Å². The molecule has 0 spiro atoms. The number of nitrogens with zero attached hydrogens (tertiary/aromatic N) is 3. The largest absolute Gasteiger partial charge is 0.295 e. The number of aromatic nitrogens is 2. The van der Waals surface area contributed by atoms with E-state index in [4.69, 9.17) is 0 Å². The van der Waals surface area contributed by atoms with Crippen LogP contribution in [-0.4, -0.2) is 27.5 Å². The summed E-state index contributed by atoms with van der Waals surface area (Å²) in [6.07, 6.45) is 0. The van der Waals surface area contributed by atoms with Gasteiger partial charge >= 0.3 is 0 Å². The second-order valence-corrected chi connectivity index (χ2v) is 5.79. The Morgan fingerprint density at radius 1 is 1.44 bits per heavy atom. The Morgan fingerprint density at radius 2 is 2.22 bits per heavy atom. The smallest absolute Gasteiger partial charge is 0.261 e. The van der Waals surface area contributed by atoms with E-state index in [-0.39, 0.29) is 5.56 Å². The topological polar surface area (TPSA) is 38.1 Å². The monoisotopic (exact) mass is 307 g/mol. The van der Waals surface area contributed by atoms with Gasteiger partial charge in [0.25, 0.3) is 5.56 Å². The van der Waals surface area contributed by atoms with Crippen LogP contribution in [0.25, 0.3) is 10.9 Å². The molecule has 0 amide bonds. The Labute approximate surface area is 113 Å². The summed E-state index contributed by atoms with van der Waals surface area (Å²) in [5.74, 6) is 0.853. The molecule has 2 aromatic rings. The highest BCUT2D eigenvalue weighted by molar-refractivity contribution is 9.10. The first-order chi connectivity index (χ1) is 8.56. The zero-order chi connectivity index (χ0) is 12.9. The van der Waals surface area contributed by atoms with E-state index >= 15 is 0 Å². The van der Waals surface area contributed by atoms with Crippen molar-refractivity contribution < 1.29 is 0 Å². The average molecular weight is 308 g/mol. The highest BCUT2D eigenvalue weighted by Crippen LogP contribution is 2.19. The van der Waals surface area contributed by atoms with E-state index < -0.39 is 0 Å². The van der Waals surface area contributed by atoms with Gasteiger partial charge in [-0.15, -0.1) is 0 Å². The van der Waals surface area contributed by atoms with Gasteiger partial charge in [-0.3, -0.25) is 14.3 Å². The number of halogens is 1. The number of hydrogen-bond donors (Lipinski definition) is 0. The van der Waals surface area contributed by atoms with Crippen molar-refractivity contribution in [2.24, 2.45) is 0 Å². The molecule has 0 saturated heterocycles. The zero-order valence-corrected chi connectivity index (χ0v) is 11.9. The lowest BCUT2D eigenvalue weighted by atomic mass is 10.2. The Bertz CT molecular complexity index is 680. The van der Waals surface area contributed by atoms with E-state index in [1.807, 2.05) is 18.2 Å². The molecular weight excluding hydrogens is 294 g/mol. The first-order valence-corrected chi connectivity index (χ1v) is 6.75. The van der Waals surface area contributed by atoms with Crippen LogP contribution in [0.5, 0.6) is 0 Å². The summed E-state index contributed by atoms with van der Waals surface area (Å²) in [7, 11) is 2.06. The van der Waals surface area contributed by atoms with E-state index in [0.717, 1.165) is 22.4 Å². The van der Waals surface area contributed by atoms with E-state index in [2.05, 4.69) is 39.8 Å². The van der Waals surface area contributed by atoms with Crippen molar-refractivity contribution in [2.45, 2.75) is 26.1 Å². The highest BCUT2D eigenvalue weighted by Gasteiger charge is 2.22. The van der Waals surface area contributed by atoms with Crippen LogP contribution >= 0.6 is 15.9 Å². The first kappa shape index (κ1) is 11.9. The van der Waals surface area contributed by atoms with Gasteiger partial charge in [-0.05, 0) is 32.2 Å². The molecule has 1 aromatic carbocycles. The predicted octanol–water partition coefficient (Wildman–Crippen LogP) is 1.99. The molecule has 0 bridgehead atoms. The molecular formula is C13H14BrN3O. The van der Waals surface area contributed by atoms with Crippen LogP contribution < -0.4 is 5.56 Å². The molecule has 18 heavy (non-hydrogen) atoms. The summed E-state index contributed by atoms with van der Waals surface area (Å²) < 4.78 is 2.75. The molecule has 94 valence electrons. The lowest BCUT2D eigenvalue weighted by molar-refractivity contribution is 0.183. The van der Waals surface area contributed by atoms with Gasteiger partial charge in [-0.1, -0.05) is 15.9 Å². The Morgan fingerprint density at radius 3 is 3.00 bits per heavy atom. The second-order valence-electron chi connectivity index (χ2n) is 4.87. The Kier molecular flexibility index (Phi) is 2.75. The average Bonchev–Trinajstić information content (AvgIpc) is 2.32. The molecule has 0 saturated carbocycles. The van der Waals surface area contributed by atoms with E-state index in [0.29, 0.717) is 18.0 Å². The normalized spacial score (nSPS) is 20.1. The number of rotatable bonds is 0. The fraction of sp³-hybridized carbons (Fsp3) is 0.385. The van der Waals surface area contributed by atoms with E-state index in [1.54, 1.807) is 4.57 Å². The molecule has 2 heterocycles. The van der Waals surface area contributed by atoms with Crippen molar-refractivity contribution in [2.75, 3.05) is 7.05 Å². The van der Waals surface area contributed by atoms with Gasteiger partial charge in [0, 0.05) is 17.1 Å². The third-order valence-electron chi connectivity index (χ3n) is 3.59. The van der Waals surface area contributed by atoms with Crippen LogP contribution in [0.2, 0.25) is 0 Å². The SMILES string of the molecule is C[C@H]1Cn2c(nc3cc(Br)ccc3c2=O)CN1C. The minimum Gasteiger partial charge on any atom is -0.295 e. The minimum absolute atomic E-state index is 0.0717. The fourth-order valence-electron chi connectivity index (χ4n) is 2.33. The molecule has 1 atom stereocenters. The molecule has 0 radical (unpaired) electrons. The molecule has 0 N–H and O–H groups in total. The second kappa shape index (κ2) is 4.17. The third kappa shape index (κ3) is 1.78. The maximum absolute atomic E-state index is 12.4. The maximum Gasteiger partial charge on any atom is 0.261 e. The lowest BCUT2D eigenvalue weighted by Crippen LogP contribution is -2.43. The zero-order valence-electron chi connectivity index (χ0n) is 10.4. The number of likely N-dealkylation sites (N-methyl/N-ethyl adjacent to an activating group) is 1. The van der Waals surface area contributed by atoms with Gasteiger partial charge < -0.3 is 0 Å². The molecule has 0 fully saturated rings. The number of hydrogen-bond acceptors (Lipinski definition) is 3. The minimum atomic E-state index is 0.0717. The van der Waals surface area contributed by atoms with Gasteiger partial charge in [-0.25, -0.2) is 4.98 Å². The number of fused-ring (bicyclic) bond motifs is 2. The fourth-order valence-corrected chi connectivity index (χ4v) is 2.68. The van der Waals surface area contributed by atoms with Crippen LogP contribution in [0.4, 0.5) is 0 Å². The Hall–Kier alpha value is -1.20. The molecule has 4 nitrogen and oxygen atoms in total. The summed E-state index contributed by atoms with van der Waals surface area (Å²) in [5, 5.41) is 0.693. The quantitative estimate of drug-likeness (QED) is 0.747. The first-order valence-electron chi connectivity index (χ1n) is 5.95. The summed E-state index contributed by atoms with van der Waals surface area (Å²) >= 11 is 3.42. The standard InChI is InChI=1S/C13H14BrN3O/c1-8-6-17-12(7-16(8)2)15-11-5-9(14)3-4-10(11)13(17)18/h3-5,8H,6-7H2,1-2H3/t8-/m0/s1. The molecule has 3 rings (SSSR count). The third-order valence-corrected chi connectivity index (χ3v) is 4.08. The van der Waals surface area contributed by atoms with Gasteiger partial charge in [0.1, 0.15) is 5.82 Å². The van der Waals surface area contributed by atoms with Gasteiger partial charge in [-0.2, -0.15) is 0 Å². The van der Waals surface area contributed by atoms with Crippen LogP contribution in [0, 0.1) is 0 Å². The van der Waals surface area contributed by atoms with Crippen molar-refractivity contribution >= 4 is 26.8 Å². The lowest BCUT2D eigenvalue weighted by Gasteiger charge is -2.31. The van der Waals surface area contributed by atoms with Crippen LogP contribution in [0.15, 0.2) is 27.5 Å². The summed E-state index contributed by atoms with van der Waals surface area (Å²) in [6.45, 7) is 3.56. The summed E-state index contributed by atoms with van der Waals surface area (Å²) in [5.41, 5.74) is 0.839. The summed E-state index contributed by atoms with van der Waals surface area (Å²) in [6, 6.07) is 5.99. The molecule has 1 aromatic heterocycles. The molecule has 1 aliphatic heterocycles. The van der Waals surface area contributed by atoms with Crippen molar-refractivity contribution in [3.05, 3.63) is 38.9 Å². The van der Waals surface area contributed by atoms with Crippen molar-refractivity contribution in [3.63, 3.8) is 0 Å². The maximum atomic E-state index is 12.4. The molecule has 1 aliphatic rings. The van der Waals surface area contributed by atoms with Crippen molar-refractivity contribution in [3.8, 4) is 0 Å². The van der Waals surface area contributed by atoms with Crippen LogP contribution in [-0.2, 0) is 13.1 Å². The molecule has 0 aliphatic carbocycles. The molecule has 5 heteroatoms.